The molecule has 0 atom stereocenters. The summed E-state index contributed by atoms with van der Waals surface area (Å²) in [5.74, 6) is 0. The Labute approximate surface area is 672 Å². The summed E-state index contributed by atoms with van der Waals surface area (Å²) in [4.78, 5) is 8.96. The van der Waals surface area contributed by atoms with E-state index in [0.29, 0.717) is 0 Å². The summed E-state index contributed by atoms with van der Waals surface area (Å²) in [6, 6.07) is 85.2. The van der Waals surface area contributed by atoms with Crippen molar-refractivity contribution in [2.75, 3.05) is 0 Å². The fourth-order valence-electron chi connectivity index (χ4n) is 20.1. The van der Waals surface area contributed by atoms with E-state index in [1.165, 1.54) is 242 Å². The van der Waals surface area contributed by atoms with Gasteiger partial charge in [0.05, 0.1) is 11.7 Å². The van der Waals surface area contributed by atoms with Crippen molar-refractivity contribution >= 4 is 47.1 Å². The van der Waals surface area contributed by atoms with Gasteiger partial charge in [0.2, 0.25) is 0 Å². The number of nitrogens with zero attached hydrogens (tertiary/aromatic N) is 4. The van der Waals surface area contributed by atoms with Crippen LogP contribution >= 0.6 is 11.7 Å². The molecule has 3 aliphatic carbocycles. The Kier molecular flexibility index (Phi) is 23.3. The molecule has 0 saturated heterocycles. The van der Waals surface area contributed by atoms with Crippen LogP contribution in [0.4, 0.5) is 0 Å². The number of unbranched alkanes of at least 4 members (excludes halogenated alkanes) is 12. The first-order chi connectivity index (χ1) is 55.2. The molecule has 10 aromatic carbocycles. The molecule has 0 saturated carbocycles. The van der Waals surface area contributed by atoms with Crippen molar-refractivity contribution in [1.29, 1.82) is 0 Å². The molecule has 0 fully saturated rings. The van der Waals surface area contributed by atoms with Gasteiger partial charge in [-0.05, 0) is 256 Å². The lowest BCUT2D eigenvalue weighted by Gasteiger charge is -2.34. The highest BCUT2D eigenvalue weighted by atomic mass is 32.1. The molecular weight excluding hydrogens is 1370 g/mol. The van der Waals surface area contributed by atoms with Gasteiger partial charge in [-0.3, -0.25) is 9.97 Å². The first kappa shape index (κ1) is 75.8. The van der Waals surface area contributed by atoms with Gasteiger partial charge in [0.1, 0.15) is 11.0 Å². The number of rotatable bonds is 34. The van der Waals surface area contributed by atoms with Crippen LogP contribution in [0.25, 0.3) is 135 Å². The molecule has 4 nitrogen and oxygen atoms in total. The van der Waals surface area contributed by atoms with Crippen LogP contribution in [0, 0.1) is 0 Å². The molecule has 0 spiro atoms. The molecule has 0 aliphatic heterocycles. The van der Waals surface area contributed by atoms with Crippen LogP contribution in [0.1, 0.15) is 251 Å². The van der Waals surface area contributed by atoms with Gasteiger partial charge in [-0.1, -0.05) is 327 Å². The van der Waals surface area contributed by atoms with Crippen LogP contribution in [0.15, 0.2) is 243 Å². The minimum atomic E-state index is -0.197. The smallest absolute Gasteiger partial charge is 0.113 e. The maximum absolute atomic E-state index is 5.06. The van der Waals surface area contributed by atoms with Gasteiger partial charge < -0.3 is 0 Å². The Balaban J connectivity index is 0.852. The first-order valence-electron chi connectivity index (χ1n) is 42.8. The highest BCUT2D eigenvalue weighted by Crippen LogP contribution is 2.60. The van der Waals surface area contributed by atoms with Crippen molar-refractivity contribution in [3.8, 4) is 100 Å². The second-order valence-electron chi connectivity index (χ2n) is 32.7. The van der Waals surface area contributed by atoms with E-state index in [1.54, 1.807) is 0 Å². The molecule has 0 amide bonds. The molecule has 564 valence electrons. The number of fused-ring (bicyclic) bond motifs is 10. The Hall–Kier alpha value is -10.2. The maximum Gasteiger partial charge on any atom is 0.113 e. The molecule has 0 unspecified atom stereocenters. The van der Waals surface area contributed by atoms with Crippen molar-refractivity contribution in [2.24, 2.45) is 0 Å². The molecule has 13 aromatic rings. The van der Waals surface area contributed by atoms with E-state index in [-0.39, 0.29) is 16.2 Å². The normalized spacial score (nSPS) is 13.9. The van der Waals surface area contributed by atoms with E-state index in [2.05, 4.69) is 294 Å². The Bertz CT molecular complexity index is 5480. The summed E-state index contributed by atoms with van der Waals surface area (Å²) in [5, 5.41) is 0. The van der Waals surface area contributed by atoms with Gasteiger partial charge in [-0.15, -0.1) is 0 Å². The zero-order valence-electron chi connectivity index (χ0n) is 67.1. The zero-order chi connectivity index (χ0) is 76.4. The fourth-order valence-corrected chi connectivity index (χ4v) is 20.7. The van der Waals surface area contributed by atoms with Crippen molar-refractivity contribution in [1.82, 2.24) is 18.7 Å². The number of pyridine rings is 2. The van der Waals surface area contributed by atoms with Crippen LogP contribution < -0.4 is 0 Å². The fraction of sp³-hybridized carbons (Fsp3) is 0.308. The van der Waals surface area contributed by atoms with Crippen LogP contribution in [-0.2, 0) is 16.2 Å². The molecule has 0 bridgehead atoms. The standard InChI is InChI=1S/C107H110N4S/c1-7-13-17-27-59-106(60-28-18-14-8-2)99-71-81(80-40-46-90-89-45-39-79(77-31-23-21-24-32-77)69-97(89)105(57-11-5,58-12-6)98(90)70-80)41-47-91(99)93-49-43-85(73-101(93)106)95-67-83(38-36-76-55-65-109-66-56-76)96(68-82(95)37-35-75-53-63-108-64-54-75)86-44-50-94-92-48-42-84(88-52-51-87(78-33-25-22-26-34-78)103-104(88)111-112-110-103)72-100(92)107(102(94)74-86,61-29-19-15-9-3)62-30-20-16-10-4/h21-26,31-56,63-74H,7-20,27-30,57-62H2,1-6H3/b37-35+,38-36+. The maximum atomic E-state index is 5.06. The van der Waals surface area contributed by atoms with Gasteiger partial charge >= 0.3 is 0 Å². The average molecular weight is 1480 g/mol. The quantitative estimate of drug-likeness (QED) is 0.0377. The number of aromatic nitrogens is 4. The third kappa shape index (κ3) is 14.8. The lowest BCUT2D eigenvalue weighted by molar-refractivity contribution is 0.401. The lowest BCUT2D eigenvalue weighted by atomic mass is 9.69. The Morgan fingerprint density at radius 1 is 0.241 bits per heavy atom. The van der Waals surface area contributed by atoms with E-state index >= 15 is 0 Å². The minimum Gasteiger partial charge on any atom is -0.265 e. The van der Waals surface area contributed by atoms with E-state index < -0.39 is 0 Å². The van der Waals surface area contributed by atoms with Crippen LogP contribution in [0.3, 0.4) is 0 Å². The molecule has 5 heteroatoms. The summed E-state index contributed by atoms with van der Waals surface area (Å²) >= 11 is 1.32. The summed E-state index contributed by atoms with van der Waals surface area (Å²) in [6.07, 6.45) is 45.4. The lowest BCUT2D eigenvalue weighted by Crippen LogP contribution is -2.26. The molecule has 3 aliphatic rings. The largest absolute Gasteiger partial charge is 0.265 e. The molecule has 0 radical (unpaired) electrons. The molecule has 16 rings (SSSR count). The zero-order valence-corrected chi connectivity index (χ0v) is 67.9. The second kappa shape index (κ2) is 34.4. The predicted molar refractivity (Wildman–Crippen MR) is 480 cm³/mol. The van der Waals surface area contributed by atoms with Crippen molar-refractivity contribution < 1.29 is 0 Å². The van der Waals surface area contributed by atoms with Crippen molar-refractivity contribution in [3.63, 3.8) is 0 Å². The van der Waals surface area contributed by atoms with E-state index in [9.17, 15) is 0 Å². The van der Waals surface area contributed by atoms with E-state index in [1.807, 2.05) is 24.8 Å². The average Bonchev–Trinajstić information content (AvgIpc) is 1.56. The van der Waals surface area contributed by atoms with E-state index in [0.717, 1.165) is 90.2 Å². The third-order valence-corrected chi connectivity index (χ3v) is 26.2. The highest BCUT2D eigenvalue weighted by molar-refractivity contribution is 7.00. The molecule has 3 heterocycles. The summed E-state index contributed by atoms with van der Waals surface area (Å²) in [7, 11) is 0. The second-order valence-corrected chi connectivity index (χ2v) is 33.2. The summed E-state index contributed by atoms with van der Waals surface area (Å²) in [5.41, 5.74) is 38.4. The van der Waals surface area contributed by atoms with Gasteiger partial charge in [-0.2, -0.15) is 8.75 Å². The minimum absolute atomic E-state index is 0.0570. The van der Waals surface area contributed by atoms with Crippen molar-refractivity contribution in [3.05, 3.63) is 299 Å². The number of hydrogen-bond donors (Lipinski definition) is 0. The van der Waals surface area contributed by atoms with Gasteiger partial charge in [0, 0.05) is 52.2 Å². The van der Waals surface area contributed by atoms with Crippen LogP contribution in [-0.4, -0.2) is 18.7 Å². The summed E-state index contributed by atoms with van der Waals surface area (Å²) in [6.45, 7) is 14.2. The number of benzene rings is 10. The molecular formula is C107H110N4S. The van der Waals surface area contributed by atoms with Gasteiger partial charge in [0.25, 0.3) is 0 Å². The van der Waals surface area contributed by atoms with Gasteiger partial charge in [-0.25, -0.2) is 0 Å². The van der Waals surface area contributed by atoms with Gasteiger partial charge in [0.15, 0.2) is 0 Å². The van der Waals surface area contributed by atoms with E-state index in [4.69, 9.17) is 8.75 Å². The van der Waals surface area contributed by atoms with Crippen LogP contribution in [0.2, 0.25) is 0 Å². The molecule has 0 N–H and O–H groups in total. The number of hydrogen-bond acceptors (Lipinski definition) is 5. The molecule has 3 aromatic heterocycles. The molecule has 112 heavy (non-hydrogen) atoms. The first-order valence-corrected chi connectivity index (χ1v) is 43.6. The van der Waals surface area contributed by atoms with Crippen molar-refractivity contribution in [2.45, 2.75) is 212 Å². The Morgan fingerprint density at radius 3 is 0.884 bits per heavy atom. The Morgan fingerprint density at radius 2 is 0.536 bits per heavy atom. The van der Waals surface area contributed by atoms with Crippen LogP contribution in [0.5, 0.6) is 0 Å². The monoisotopic (exact) mass is 1480 g/mol. The predicted octanol–water partition coefficient (Wildman–Crippen LogP) is 31.1. The topological polar surface area (TPSA) is 51.6 Å². The third-order valence-electron chi connectivity index (χ3n) is 25.7. The SMILES string of the molecule is CCCCCCC1(CCCCCC)c2cc(-c3ccc4c(c3)C(CCC)(CCC)c3cc(-c5ccccc5)ccc3-4)ccc2-c2ccc(-c3cc(/C=C/c4ccncc4)c(-c4ccc5c(c4)C(CCCCCC)(CCCCCC)c4cc(-c6ccc(-c7ccccc7)c7nsnc67)ccc4-5)cc3/C=C/c3ccncc3)cc21. The highest BCUT2D eigenvalue weighted by Gasteiger charge is 2.46. The summed E-state index contributed by atoms with van der Waals surface area (Å²) < 4.78 is 10.0.